The minimum atomic E-state index is -0.543. The van der Waals surface area contributed by atoms with Gasteiger partial charge in [-0.1, -0.05) is 0 Å². The van der Waals surface area contributed by atoms with Crippen molar-refractivity contribution in [1.29, 1.82) is 0 Å². The van der Waals surface area contributed by atoms with E-state index in [4.69, 9.17) is 9.47 Å². The predicted molar refractivity (Wildman–Crippen MR) is 94.3 cm³/mol. The number of rotatable bonds is 2. The second kappa shape index (κ2) is 7.51. The van der Waals surface area contributed by atoms with E-state index in [-0.39, 0.29) is 18.0 Å². The first kappa shape index (κ1) is 17.8. The number of fused-ring (bicyclic) bond motifs is 1. The van der Waals surface area contributed by atoms with Crippen molar-refractivity contribution in [2.75, 3.05) is 43.4 Å². The second-order valence-corrected chi connectivity index (χ2v) is 6.06. The van der Waals surface area contributed by atoms with Gasteiger partial charge in [0.1, 0.15) is 5.75 Å². The summed E-state index contributed by atoms with van der Waals surface area (Å²) < 4.78 is 10.5. The molecular formula is C17H22N4O5. The molecule has 0 aliphatic carbocycles. The molecular weight excluding hydrogens is 340 g/mol. The standard InChI is InChI=1S/C17H22N4O5/c1-3-25-17(24)21-8-6-20(7-9-21)16(23)18-12-4-5-14-13(10-12)19-15(22)11(2)26-14/h4-5,10-11H,3,6-9H2,1-2H3,(H,18,23)(H,19,22). The summed E-state index contributed by atoms with van der Waals surface area (Å²) >= 11 is 0. The quantitative estimate of drug-likeness (QED) is 0.834. The first-order chi connectivity index (χ1) is 12.5. The highest BCUT2D eigenvalue weighted by atomic mass is 16.6. The molecule has 1 aromatic rings. The van der Waals surface area contributed by atoms with Crippen molar-refractivity contribution in [1.82, 2.24) is 9.80 Å². The van der Waals surface area contributed by atoms with Crippen LogP contribution in [0.3, 0.4) is 0 Å². The van der Waals surface area contributed by atoms with E-state index in [0.29, 0.717) is 49.9 Å². The van der Waals surface area contributed by atoms with Gasteiger partial charge in [-0.3, -0.25) is 4.79 Å². The van der Waals surface area contributed by atoms with Gasteiger partial charge in [-0.25, -0.2) is 9.59 Å². The molecule has 2 N–H and O–H groups in total. The third-order valence-electron chi connectivity index (χ3n) is 4.25. The zero-order valence-electron chi connectivity index (χ0n) is 14.8. The van der Waals surface area contributed by atoms with E-state index in [1.54, 1.807) is 41.8 Å². The minimum Gasteiger partial charge on any atom is -0.479 e. The van der Waals surface area contributed by atoms with E-state index >= 15 is 0 Å². The Labute approximate surface area is 151 Å². The number of carbonyl (C=O) groups is 3. The van der Waals surface area contributed by atoms with E-state index in [1.807, 2.05) is 0 Å². The lowest BCUT2D eigenvalue weighted by Gasteiger charge is -2.34. The van der Waals surface area contributed by atoms with E-state index in [2.05, 4.69) is 10.6 Å². The largest absolute Gasteiger partial charge is 0.479 e. The average Bonchev–Trinajstić information content (AvgIpc) is 2.63. The van der Waals surface area contributed by atoms with Crippen molar-refractivity contribution >= 4 is 29.4 Å². The molecule has 140 valence electrons. The van der Waals surface area contributed by atoms with E-state index < -0.39 is 6.10 Å². The highest BCUT2D eigenvalue weighted by Gasteiger charge is 2.26. The number of anilines is 2. The van der Waals surface area contributed by atoms with Crippen LogP contribution in [0.1, 0.15) is 13.8 Å². The molecule has 3 rings (SSSR count). The molecule has 1 saturated heterocycles. The molecule has 0 aromatic heterocycles. The summed E-state index contributed by atoms with van der Waals surface area (Å²) in [4.78, 5) is 39.0. The highest BCUT2D eigenvalue weighted by molar-refractivity contribution is 5.99. The Morgan fingerprint density at radius 1 is 1.27 bits per heavy atom. The van der Waals surface area contributed by atoms with Crippen molar-refractivity contribution in [3.8, 4) is 5.75 Å². The zero-order valence-corrected chi connectivity index (χ0v) is 14.8. The van der Waals surface area contributed by atoms with Gasteiger partial charge < -0.3 is 29.9 Å². The molecule has 1 atom stereocenters. The van der Waals surface area contributed by atoms with Crippen LogP contribution in [0.4, 0.5) is 21.0 Å². The number of piperazine rings is 1. The van der Waals surface area contributed by atoms with Gasteiger partial charge in [0, 0.05) is 31.9 Å². The molecule has 2 aliphatic rings. The molecule has 9 heteroatoms. The monoisotopic (exact) mass is 362 g/mol. The fraction of sp³-hybridized carbons (Fsp3) is 0.471. The molecule has 0 spiro atoms. The maximum Gasteiger partial charge on any atom is 0.409 e. The molecule has 1 unspecified atom stereocenters. The van der Waals surface area contributed by atoms with Crippen molar-refractivity contribution in [3.63, 3.8) is 0 Å². The maximum absolute atomic E-state index is 12.4. The number of carbonyl (C=O) groups excluding carboxylic acids is 3. The number of nitrogens with zero attached hydrogens (tertiary/aromatic N) is 2. The molecule has 9 nitrogen and oxygen atoms in total. The zero-order chi connectivity index (χ0) is 18.7. The molecule has 0 bridgehead atoms. The fourth-order valence-corrected chi connectivity index (χ4v) is 2.80. The van der Waals surface area contributed by atoms with Crippen LogP contribution in [0.5, 0.6) is 5.75 Å². The average molecular weight is 362 g/mol. The lowest BCUT2D eigenvalue weighted by atomic mass is 10.2. The Morgan fingerprint density at radius 2 is 1.96 bits per heavy atom. The molecule has 2 heterocycles. The predicted octanol–water partition coefficient (Wildman–Crippen LogP) is 1.71. The lowest BCUT2D eigenvalue weighted by molar-refractivity contribution is -0.122. The Kier molecular flexibility index (Phi) is 5.15. The van der Waals surface area contributed by atoms with Gasteiger partial charge in [-0.15, -0.1) is 0 Å². The van der Waals surface area contributed by atoms with Gasteiger partial charge in [-0.05, 0) is 32.0 Å². The van der Waals surface area contributed by atoms with Gasteiger partial charge in [0.2, 0.25) is 0 Å². The number of ether oxygens (including phenoxy) is 2. The Morgan fingerprint density at radius 3 is 2.65 bits per heavy atom. The SMILES string of the molecule is CCOC(=O)N1CCN(C(=O)Nc2ccc3c(c2)NC(=O)C(C)O3)CC1. The van der Waals surface area contributed by atoms with Gasteiger partial charge in [-0.2, -0.15) is 0 Å². The molecule has 0 radical (unpaired) electrons. The second-order valence-electron chi connectivity index (χ2n) is 6.06. The summed E-state index contributed by atoms with van der Waals surface area (Å²) in [5.41, 5.74) is 1.08. The van der Waals surface area contributed by atoms with Crippen LogP contribution in [-0.2, 0) is 9.53 Å². The van der Waals surface area contributed by atoms with Crippen molar-refractivity contribution in [3.05, 3.63) is 18.2 Å². The first-order valence-electron chi connectivity index (χ1n) is 8.57. The summed E-state index contributed by atoms with van der Waals surface area (Å²) in [6.07, 6.45) is -0.897. The van der Waals surface area contributed by atoms with Crippen LogP contribution in [0, 0.1) is 0 Å². The third kappa shape index (κ3) is 3.81. The summed E-state index contributed by atoms with van der Waals surface area (Å²) in [5.74, 6) is 0.342. The summed E-state index contributed by atoms with van der Waals surface area (Å²) in [6, 6.07) is 4.83. The summed E-state index contributed by atoms with van der Waals surface area (Å²) in [5, 5.41) is 5.55. The number of amides is 4. The Bertz CT molecular complexity index is 715. The number of benzene rings is 1. The molecule has 26 heavy (non-hydrogen) atoms. The van der Waals surface area contributed by atoms with Crippen LogP contribution < -0.4 is 15.4 Å². The van der Waals surface area contributed by atoms with Gasteiger partial charge >= 0.3 is 12.1 Å². The highest BCUT2D eigenvalue weighted by Crippen LogP contribution is 2.32. The van der Waals surface area contributed by atoms with Crippen LogP contribution in [0.15, 0.2) is 18.2 Å². The Balaban J connectivity index is 1.57. The third-order valence-corrected chi connectivity index (χ3v) is 4.25. The number of hydrogen-bond acceptors (Lipinski definition) is 5. The molecule has 1 aromatic carbocycles. The molecule has 1 fully saturated rings. The van der Waals surface area contributed by atoms with Crippen LogP contribution >= 0.6 is 0 Å². The lowest BCUT2D eigenvalue weighted by Crippen LogP contribution is -2.51. The topological polar surface area (TPSA) is 100 Å². The smallest absolute Gasteiger partial charge is 0.409 e. The van der Waals surface area contributed by atoms with Crippen molar-refractivity contribution in [2.45, 2.75) is 20.0 Å². The van der Waals surface area contributed by atoms with Gasteiger partial charge in [0.15, 0.2) is 6.10 Å². The van der Waals surface area contributed by atoms with Gasteiger partial charge in [0.25, 0.3) is 5.91 Å². The van der Waals surface area contributed by atoms with E-state index in [9.17, 15) is 14.4 Å². The summed E-state index contributed by atoms with van der Waals surface area (Å²) in [6.45, 7) is 5.46. The number of urea groups is 1. The normalized spacial score (nSPS) is 19.2. The van der Waals surface area contributed by atoms with E-state index in [0.717, 1.165) is 0 Å². The molecule has 0 saturated carbocycles. The van der Waals surface area contributed by atoms with Crippen LogP contribution in [0.2, 0.25) is 0 Å². The van der Waals surface area contributed by atoms with Crippen molar-refractivity contribution in [2.24, 2.45) is 0 Å². The maximum atomic E-state index is 12.4. The van der Waals surface area contributed by atoms with Crippen LogP contribution in [0.25, 0.3) is 0 Å². The summed E-state index contributed by atoms with van der Waals surface area (Å²) in [7, 11) is 0. The number of hydrogen-bond donors (Lipinski definition) is 2. The van der Waals surface area contributed by atoms with Gasteiger partial charge in [0.05, 0.1) is 12.3 Å². The van der Waals surface area contributed by atoms with Crippen LogP contribution in [-0.4, -0.2) is 66.7 Å². The van der Waals surface area contributed by atoms with E-state index in [1.165, 1.54) is 0 Å². The fourth-order valence-electron chi connectivity index (χ4n) is 2.80. The Hall–Kier alpha value is -2.97. The minimum absolute atomic E-state index is 0.226. The van der Waals surface area contributed by atoms with Crippen molar-refractivity contribution < 1.29 is 23.9 Å². The molecule has 4 amide bonds. The molecule has 2 aliphatic heterocycles. The number of nitrogens with one attached hydrogen (secondary N) is 2. The first-order valence-corrected chi connectivity index (χ1v) is 8.57.